The number of aromatic nitrogens is 1. The number of methoxy groups -OCH3 is 1. The number of benzene rings is 2. The molecule has 176 valence electrons. The molecule has 3 aromatic rings. The van der Waals surface area contributed by atoms with Gasteiger partial charge in [0.15, 0.2) is 0 Å². The van der Waals surface area contributed by atoms with Gasteiger partial charge in [0.05, 0.1) is 40.7 Å². The summed E-state index contributed by atoms with van der Waals surface area (Å²) in [5.74, 6) is -1.51. The largest absolute Gasteiger partial charge is 0.465 e. The Morgan fingerprint density at radius 1 is 1.15 bits per heavy atom. The van der Waals surface area contributed by atoms with E-state index in [1.807, 2.05) is 0 Å². The van der Waals surface area contributed by atoms with Crippen LogP contribution in [0.4, 0.5) is 18.9 Å². The van der Waals surface area contributed by atoms with Crippen LogP contribution in [0.5, 0.6) is 0 Å². The summed E-state index contributed by atoms with van der Waals surface area (Å²) in [5, 5.41) is -0.223. The van der Waals surface area contributed by atoms with E-state index in [1.165, 1.54) is 20.2 Å². The number of alkyl halides is 3. The minimum Gasteiger partial charge on any atom is -0.465 e. The third-order valence-corrected chi connectivity index (χ3v) is 6.50. The van der Waals surface area contributed by atoms with Crippen LogP contribution in [-0.4, -0.2) is 44.3 Å². The summed E-state index contributed by atoms with van der Waals surface area (Å²) in [6, 6.07) is 7.47. The van der Waals surface area contributed by atoms with E-state index >= 15 is 0 Å². The number of hydrogen-bond acceptors (Lipinski definition) is 5. The van der Waals surface area contributed by atoms with E-state index in [1.54, 1.807) is 24.3 Å². The van der Waals surface area contributed by atoms with Crippen LogP contribution in [0.1, 0.15) is 27.6 Å². The molecule has 0 aliphatic rings. The average molecular weight is 503 g/mol. The Balaban J connectivity index is 2.15. The third kappa shape index (κ3) is 4.69. The van der Waals surface area contributed by atoms with Crippen LogP contribution in [0.15, 0.2) is 48.7 Å². The molecule has 1 heterocycles. The Kier molecular flexibility index (Phi) is 6.49. The van der Waals surface area contributed by atoms with Crippen molar-refractivity contribution >= 4 is 50.1 Å². The van der Waals surface area contributed by atoms with Gasteiger partial charge >= 0.3 is 12.1 Å². The van der Waals surface area contributed by atoms with Crippen LogP contribution in [0, 0.1) is 0 Å². The molecule has 1 atom stereocenters. The average Bonchev–Trinajstić information content (AvgIpc) is 3.11. The van der Waals surface area contributed by atoms with Crippen LogP contribution < -0.4 is 4.31 Å². The molecule has 0 amide bonds. The number of carbonyl (C=O) groups is 2. The minimum atomic E-state index is -4.84. The lowest BCUT2D eigenvalue weighted by Gasteiger charge is -2.29. The van der Waals surface area contributed by atoms with Crippen LogP contribution in [0.3, 0.4) is 0 Å². The lowest BCUT2D eigenvalue weighted by Crippen LogP contribution is -2.44. The highest BCUT2D eigenvalue weighted by molar-refractivity contribution is 7.92. The van der Waals surface area contributed by atoms with Crippen LogP contribution in [0.25, 0.3) is 10.9 Å². The van der Waals surface area contributed by atoms with Gasteiger partial charge in [-0.15, -0.1) is 0 Å². The van der Waals surface area contributed by atoms with Crippen molar-refractivity contribution in [1.29, 1.82) is 0 Å². The highest BCUT2D eigenvalue weighted by Gasteiger charge is 2.36. The number of fused-ring (bicyclic) bond motifs is 1. The van der Waals surface area contributed by atoms with Gasteiger partial charge in [-0.3, -0.25) is 13.7 Å². The van der Waals surface area contributed by atoms with Crippen molar-refractivity contribution in [3.63, 3.8) is 0 Å². The summed E-state index contributed by atoms with van der Waals surface area (Å²) >= 11 is 5.65. The smallest absolute Gasteiger partial charge is 0.417 e. The molecular weight excluding hydrogens is 485 g/mol. The summed E-state index contributed by atoms with van der Waals surface area (Å²) in [7, 11) is -3.05. The van der Waals surface area contributed by atoms with E-state index in [0.29, 0.717) is 21.3 Å². The summed E-state index contributed by atoms with van der Waals surface area (Å²) in [5.41, 5.74) is -1.25. The van der Waals surface area contributed by atoms with Crippen molar-refractivity contribution in [3.05, 3.63) is 64.8 Å². The predicted molar refractivity (Wildman–Crippen MR) is 117 cm³/mol. The van der Waals surface area contributed by atoms with Gasteiger partial charge in [0.2, 0.25) is 10.0 Å². The molecule has 12 heteroatoms. The number of rotatable bonds is 5. The van der Waals surface area contributed by atoms with Crippen LogP contribution in [0.2, 0.25) is 5.02 Å². The molecule has 3 rings (SSSR count). The van der Waals surface area contributed by atoms with E-state index in [0.717, 1.165) is 23.0 Å². The number of anilines is 1. The number of sulfonamides is 1. The summed E-state index contributed by atoms with van der Waals surface area (Å²) < 4.78 is 71.5. The zero-order chi connectivity index (χ0) is 24.7. The van der Waals surface area contributed by atoms with Crippen molar-refractivity contribution in [2.45, 2.75) is 19.1 Å². The SMILES string of the molecule is COC(=O)c1cn(C(=O)[C@H](C)N(c2ccc(Cl)c(C(F)(F)F)c2)S(C)(=O)=O)c2ccccc12. The number of esters is 1. The Hall–Kier alpha value is -3.05. The number of ether oxygens (including phenoxy) is 1. The summed E-state index contributed by atoms with van der Waals surface area (Å²) in [6.07, 6.45) is -2.86. The van der Waals surface area contributed by atoms with Gasteiger partial charge in [-0.1, -0.05) is 29.8 Å². The van der Waals surface area contributed by atoms with Gasteiger partial charge in [0.25, 0.3) is 5.91 Å². The fraction of sp³-hybridized carbons (Fsp3) is 0.238. The lowest BCUT2D eigenvalue weighted by molar-refractivity contribution is -0.137. The molecule has 0 saturated carbocycles. The first-order valence-corrected chi connectivity index (χ1v) is 11.6. The second-order valence-corrected chi connectivity index (χ2v) is 9.42. The molecule has 33 heavy (non-hydrogen) atoms. The standard InChI is InChI=1S/C21H18ClF3N2O5S/c1-12(19(28)26-11-15(20(29)32-2)14-6-4-5-7-18(14)26)27(33(3,30)31)13-8-9-17(22)16(10-13)21(23,24)25/h4-12H,1-3H3/t12-/m0/s1. The van der Waals surface area contributed by atoms with Gasteiger partial charge in [-0.2, -0.15) is 13.2 Å². The quantitative estimate of drug-likeness (QED) is 0.476. The third-order valence-electron chi connectivity index (χ3n) is 4.93. The van der Waals surface area contributed by atoms with E-state index in [4.69, 9.17) is 16.3 Å². The second-order valence-electron chi connectivity index (χ2n) is 7.16. The Labute approximate surface area is 192 Å². The van der Waals surface area contributed by atoms with Crippen molar-refractivity contribution in [2.75, 3.05) is 17.7 Å². The Morgan fingerprint density at radius 3 is 2.36 bits per heavy atom. The zero-order valence-electron chi connectivity index (χ0n) is 17.6. The topological polar surface area (TPSA) is 85.7 Å². The van der Waals surface area contributed by atoms with Crippen molar-refractivity contribution < 1.29 is 35.9 Å². The first-order valence-electron chi connectivity index (χ1n) is 9.36. The van der Waals surface area contributed by atoms with Crippen molar-refractivity contribution in [2.24, 2.45) is 0 Å². The molecule has 0 spiro atoms. The maximum Gasteiger partial charge on any atom is 0.417 e. The van der Waals surface area contributed by atoms with E-state index < -0.39 is 44.7 Å². The Bertz CT molecular complexity index is 1350. The molecule has 0 saturated heterocycles. The molecule has 1 aromatic heterocycles. The van der Waals surface area contributed by atoms with E-state index in [9.17, 15) is 31.2 Å². The monoisotopic (exact) mass is 502 g/mol. The summed E-state index contributed by atoms with van der Waals surface area (Å²) in [6.45, 7) is 1.23. The molecule has 2 aromatic carbocycles. The molecule has 0 fully saturated rings. The molecule has 0 aliphatic carbocycles. The number of carbonyl (C=O) groups excluding carboxylic acids is 2. The highest BCUT2D eigenvalue weighted by atomic mass is 35.5. The van der Waals surface area contributed by atoms with Crippen LogP contribution >= 0.6 is 11.6 Å². The number of halogens is 4. The molecule has 0 bridgehead atoms. The van der Waals surface area contributed by atoms with Crippen molar-refractivity contribution in [1.82, 2.24) is 4.57 Å². The molecule has 7 nitrogen and oxygen atoms in total. The maximum atomic E-state index is 13.3. The first kappa shape index (κ1) is 24.6. The van der Waals surface area contributed by atoms with Crippen molar-refractivity contribution in [3.8, 4) is 0 Å². The zero-order valence-corrected chi connectivity index (χ0v) is 19.1. The normalized spacial score (nSPS) is 13.1. The van der Waals surface area contributed by atoms with E-state index in [-0.39, 0.29) is 11.3 Å². The number of nitrogens with zero attached hydrogens (tertiary/aromatic N) is 2. The lowest BCUT2D eigenvalue weighted by atomic mass is 10.1. The minimum absolute atomic E-state index is 0.0745. The fourth-order valence-electron chi connectivity index (χ4n) is 3.51. The van der Waals surface area contributed by atoms with Gasteiger partial charge < -0.3 is 4.74 Å². The van der Waals surface area contributed by atoms with E-state index in [2.05, 4.69) is 0 Å². The molecule has 0 unspecified atom stereocenters. The Morgan fingerprint density at radius 2 is 1.79 bits per heavy atom. The predicted octanol–water partition coefficient (Wildman–Crippen LogP) is 4.60. The second kappa shape index (κ2) is 8.71. The summed E-state index contributed by atoms with van der Waals surface area (Å²) in [4.78, 5) is 25.5. The number of para-hydroxylation sites is 1. The van der Waals surface area contributed by atoms with Gasteiger partial charge in [-0.05, 0) is 31.2 Å². The maximum absolute atomic E-state index is 13.3. The fourth-order valence-corrected chi connectivity index (χ4v) is 4.89. The molecule has 0 N–H and O–H groups in total. The number of hydrogen-bond donors (Lipinski definition) is 0. The first-order chi connectivity index (χ1) is 15.3. The molecule has 0 aliphatic heterocycles. The molecule has 0 radical (unpaired) electrons. The van der Waals surface area contributed by atoms with Gasteiger partial charge in [0.1, 0.15) is 6.04 Å². The van der Waals surface area contributed by atoms with Crippen LogP contribution in [-0.2, 0) is 20.9 Å². The van der Waals surface area contributed by atoms with Gasteiger partial charge in [0, 0.05) is 11.6 Å². The molecular formula is C21H18ClF3N2O5S. The highest BCUT2D eigenvalue weighted by Crippen LogP contribution is 2.38. The van der Waals surface area contributed by atoms with Gasteiger partial charge in [-0.25, -0.2) is 13.2 Å².